The van der Waals surface area contributed by atoms with Crippen LogP contribution in [-0.2, 0) is 4.79 Å². The summed E-state index contributed by atoms with van der Waals surface area (Å²) in [5, 5.41) is 8.99. The first-order valence-electron chi connectivity index (χ1n) is 6.51. The molecule has 5 nitrogen and oxygen atoms in total. The highest BCUT2D eigenvalue weighted by Gasteiger charge is 2.35. The number of carbonyl (C=O) groups is 2. The third kappa shape index (κ3) is 2.97. The van der Waals surface area contributed by atoms with E-state index in [1.165, 1.54) is 0 Å². The SMILES string of the molecule is Cc1cc(C(=O)N(C[C@@H](C)C(=O)O)C2CC2)c(C)o1. The molecule has 1 atom stereocenters. The lowest BCUT2D eigenvalue weighted by Gasteiger charge is -2.24. The highest BCUT2D eigenvalue weighted by molar-refractivity contribution is 5.96. The number of nitrogens with zero attached hydrogens (tertiary/aromatic N) is 1. The van der Waals surface area contributed by atoms with Crippen molar-refractivity contribution in [1.82, 2.24) is 4.90 Å². The minimum atomic E-state index is -0.876. The summed E-state index contributed by atoms with van der Waals surface area (Å²) in [6.45, 7) is 5.43. The van der Waals surface area contributed by atoms with Crippen molar-refractivity contribution >= 4 is 11.9 Å². The van der Waals surface area contributed by atoms with Crippen molar-refractivity contribution in [2.45, 2.75) is 39.7 Å². The monoisotopic (exact) mass is 265 g/mol. The molecule has 2 rings (SSSR count). The second kappa shape index (κ2) is 5.07. The Bertz CT molecular complexity index is 502. The average Bonchev–Trinajstić information content (AvgIpc) is 3.10. The molecule has 19 heavy (non-hydrogen) atoms. The number of amides is 1. The predicted octanol–water partition coefficient (Wildman–Crippen LogP) is 2.22. The van der Waals surface area contributed by atoms with Crippen molar-refractivity contribution in [1.29, 1.82) is 0 Å². The van der Waals surface area contributed by atoms with Gasteiger partial charge in [-0.2, -0.15) is 0 Å². The Morgan fingerprint density at radius 2 is 2.11 bits per heavy atom. The first-order chi connectivity index (χ1) is 8.90. The number of aliphatic carboxylic acids is 1. The summed E-state index contributed by atoms with van der Waals surface area (Å²) in [6.07, 6.45) is 1.90. The Balaban J connectivity index is 2.17. The maximum Gasteiger partial charge on any atom is 0.308 e. The first-order valence-corrected chi connectivity index (χ1v) is 6.51. The maximum atomic E-state index is 12.5. The van der Waals surface area contributed by atoms with Crippen LogP contribution >= 0.6 is 0 Å². The van der Waals surface area contributed by atoms with E-state index in [-0.39, 0.29) is 18.5 Å². The lowest BCUT2D eigenvalue weighted by atomic mass is 10.1. The van der Waals surface area contributed by atoms with Gasteiger partial charge in [0, 0.05) is 12.6 Å². The summed E-state index contributed by atoms with van der Waals surface area (Å²) in [4.78, 5) is 25.1. The molecule has 0 radical (unpaired) electrons. The fourth-order valence-corrected chi connectivity index (χ4v) is 2.16. The van der Waals surface area contributed by atoms with E-state index >= 15 is 0 Å². The molecule has 5 heteroatoms. The third-order valence-electron chi connectivity index (χ3n) is 3.41. The van der Waals surface area contributed by atoms with Crippen molar-refractivity contribution in [3.8, 4) is 0 Å². The maximum absolute atomic E-state index is 12.5. The third-order valence-corrected chi connectivity index (χ3v) is 3.41. The summed E-state index contributed by atoms with van der Waals surface area (Å²) in [6, 6.07) is 1.90. The summed E-state index contributed by atoms with van der Waals surface area (Å²) in [7, 11) is 0. The highest BCUT2D eigenvalue weighted by atomic mass is 16.4. The zero-order valence-electron chi connectivity index (χ0n) is 11.5. The number of furan rings is 1. The molecule has 0 aliphatic heterocycles. The van der Waals surface area contributed by atoms with Crippen LogP contribution in [0.3, 0.4) is 0 Å². The van der Waals surface area contributed by atoms with Crippen LogP contribution in [-0.4, -0.2) is 34.5 Å². The predicted molar refractivity (Wildman–Crippen MR) is 69.0 cm³/mol. The quantitative estimate of drug-likeness (QED) is 0.886. The lowest BCUT2D eigenvalue weighted by molar-refractivity contribution is -0.141. The van der Waals surface area contributed by atoms with E-state index in [1.54, 1.807) is 31.7 Å². The smallest absolute Gasteiger partial charge is 0.308 e. The fourth-order valence-electron chi connectivity index (χ4n) is 2.16. The van der Waals surface area contributed by atoms with Gasteiger partial charge >= 0.3 is 5.97 Å². The van der Waals surface area contributed by atoms with E-state index in [1.807, 2.05) is 0 Å². The van der Waals surface area contributed by atoms with E-state index < -0.39 is 11.9 Å². The van der Waals surface area contributed by atoms with Gasteiger partial charge in [0.25, 0.3) is 5.91 Å². The second-order valence-corrected chi connectivity index (χ2v) is 5.25. The minimum absolute atomic E-state index is 0.120. The molecule has 104 valence electrons. The van der Waals surface area contributed by atoms with Gasteiger partial charge in [-0.1, -0.05) is 6.92 Å². The molecule has 1 amide bonds. The van der Waals surface area contributed by atoms with Gasteiger partial charge in [0.1, 0.15) is 11.5 Å². The summed E-state index contributed by atoms with van der Waals surface area (Å²) < 4.78 is 5.37. The van der Waals surface area contributed by atoms with Gasteiger partial charge in [0.15, 0.2) is 0 Å². The van der Waals surface area contributed by atoms with Gasteiger partial charge < -0.3 is 14.4 Å². The van der Waals surface area contributed by atoms with E-state index in [0.29, 0.717) is 17.1 Å². The number of hydrogen-bond acceptors (Lipinski definition) is 3. The molecule has 1 fully saturated rings. The molecule has 1 aromatic rings. The van der Waals surface area contributed by atoms with Crippen LogP contribution in [0.4, 0.5) is 0 Å². The van der Waals surface area contributed by atoms with Gasteiger partial charge in [-0.05, 0) is 32.8 Å². The Morgan fingerprint density at radius 1 is 1.47 bits per heavy atom. The van der Waals surface area contributed by atoms with Gasteiger partial charge in [0.05, 0.1) is 11.5 Å². The van der Waals surface area contributed by atoms with Crippen molar-refractivity contribution in [2.24, 2.45) is 5.92 Å². The molecule has 0 bridgehead atoms. The van der Waals surface area contributed by atoms with Crippen LogP contribution in [0.1, 0.15) is 41.6 Å². The molecule has 1 aliphatic rings. The standard InChI is InChI=1S/C14H19NO4/c1-8(14(17)18)7-15(11-4-5-11)13(16)12-6-9(2)19-10(12)3/h6,8,11H,4-5,7H2,1-3H3,(H,17,18)/t8-/m1/s1. The lowest BCUT2D eigenvalue weighted by Crippen LogP contribution is -2.38. The molecule has 1 heterocycles. The number of aryl methyl sites for hydroxylation is 2. The molecule has 0 spiro atoms. The Hall–Kier alpha value is -1.78. The molecular weight excluding hydrogens is 246 g/mol. The highest BCUT2D eigenvalue weighted by Crippen LogP contribution is 2.30. The molecule has 1 aliphatic carbocycles. The second-order valence-electron chi connectivity index (χ2n) is 5.25. The molecule has 1 saturated carbocycles. The van der Waals surface area contributed by atoms with Crippen molar-refractivity contribution in [3.63, 3.8) is 0 Å². The summed E-state index contributed by atoms with van der Waals surface area (Å²) in [5.41, 5.74) is 0.544. The van der Waals surface area contributed by atoms with Gasteiger partial charge in [-0.15, -0.1) is 0 Å². The van der Waals surface area contributed by atoms with E-state index in [4.69, 9.17) is 9.52 Å². The van der Waals surface area contributed by atoms with Gasteiger partial charge in [-0.3, -0.25) is 9.59 Å². The number of hydrogen-bond donors (Lipinski definition) is 1. The molecule has 1 aromatic heterocycles. The van der Waals surface area contributed by atoms with Crippen molar-refractivity contribution in [3.05, 3.63) is 23.2 Å². The number of carbonyl (C=O) groups excluding carboxylic acids is 1. The first kappa shape index (κ1) is 13.6. The van der Waals surface area contributed by atoms with Crippen molar-refractivity contribution < 1.29 is 19.1 Å². The van der Waals surface area contributed by atoms with E-state index in [2.05, 4.69) is 0 Å². The molecule has 0 saturated heterocycles. The summed E-state index contributed by atoms with van der Waals surface area (Å²) >= 11 is 0. The molecule has 1 N–H and O–H groups in total. The largest absolute Gasteiger partial charge is 0.481 e. The molecular formula is C14H19NO4. The average molecular weight is 265 g/mol. The molecule has 0 unspecified atom stereocenters. The zero-order chi connectivity index (χ0) is 14.2. The summed E-state index contributed by atoms with van der Waals surface area (Å²) in [5.74, 6) is -0.264. The van der Waals surface area contributed by atoms with E-state index in [0.717, 1.165) is 12.8 Å². The van der Waals surface area contributed by atoms with Crippen LogP contribution in [0, 0.1) is 19.8 Å². The van der Waals surface area contributed by atoms with Crippen LogP contribution in [0.5, 0.6) is 0 Å². The zero-order valence-corrected chi connectivity index (χ0v) is 11.5. The topological polar surface area (TPSA) is 70.8 Å². The van der Waals surface area contributed by atoms with Crippen LogP contribution in [0.2, 0.25) is 0 Å². The van der Waals surface area contributed by atoms with Crippen LogP contribution < -0.4 is 0 Å². The Kier molecular flexibility index (Phi) is 3.64. The number of rotatable bonds is 5. The Labute approximate surface area is 112 Å². The van der Waals surface area contributed by atoms with Gasteiger partial charge in [-0.25, -0.2) is 0 Å². The number of carboxylic acid groups (broad SMARTS) is 1. The Morgan fingerprint density at radius 3 is 2.53 bits per heavy atom. The normalized spacial score (nSPS) is 16.2. The van der Waals surface area contributed by atoms with Gasteiger partial charge in [0.2, 0.25) is 0 Å². The van der Waals surface area contributed by atoms with Crippen LogP contribution in [0.25, 0.3) is 0 Å². The van der Waals surface area contributed by atoms with Crippen molar-refractivity contribution in [2.75, 3.05) is 6.54 Å². The number of carboxylic acids is 1. The molecule has 0 aromatic carbocycles. The fraction of sp³-hybridized carbons (Fsp3) is 0.571. The van der Waals surface area contributed by atoms with Crippen LogP contribution in [0.15, 0.2) is 10.5 Å². The minimum Gasteiger partial charge on any atom is -0.481 e. The van der Waals surface area contributed by atoms with E-state index in [9.17, 15) is 9.59 Å².